The third-order valence-electron chi connectivity index (χ3n) is 6.07. The molecule has 0 aliphatic heterocycles. The summed E-state index contributed by atoms with van der Waals surface area (Å²) in [4.78, 5) is 28.4. The maximum atomic E-state index is 12.3. The number of rotatable bonds is 20. The van der Waals surface area contributed by atoms with Gasteiger partial charge in [0.2, 0.25) is 0 Å². The van der Waals surface area contributed by atoms with Crippen molar-refractivity contribution < 1.29 is 19.1 Å². The van der Waals surface area contributed by atoms with Gasteiger partial charge in [-0.2, -0.15) is 4.68 Å². The molecule has 0 saturated heterocycles. The molecule has 7 nitrogen and oxygen atoms in total. The summed E-state index contributed by atoms with van der Waals surface area (Å²) in [6.07, 6.45) is 18.4. The minimum absolute atomic E-state index is 0.140. The molecule has 0 radical (unpaired) electrons. The van der Waals surface area contributed by atoms with E-state index in [2.05, 4.69) is 30.9 Å². The Labute approximate surface area is 201 Å². The Morgan fingerprint density at radius 2 is 1.42 bits per heavy atom. The van der Waals surface area contributed by atoms with Crippen LogP contribution in [0.25, 0.3) is 0 Å². The number of ether oxygens (including phenoxy) is 2. The summed E-state index contributed by atoms with van der Waals surface area (Å²) < 4.78 is 12.4. The van der Waals surface area contributed by atoms with Gasteiger partial charge in [-0.25, -0.2) is 9.78 Å². The van der Waals surface area contributed by atoms with Gasteiger partial charge in [-0.05, 0) is 44.4 Å². The summed E-state index contributed by atoms with van der Waals surface area (Å²) in [5.41, 5.74) is 0. The molecule has 0 amide bonds. The van der Waals surface area contributed by atoms with Crippen LogP contribution < -0.4 is 0 Å². The highest BCUT2D eigenvalue weighted by Gasteiger charge is 2.18. The van der Waals surface area contributed by atoms with Crippen LogP contribution in [0.2, 0.25) is 0 Å². The second-order valence-corrected chi connectivity index (χ2v) is 9.13. The van der Waals surface area contributed by atoms with Crippen LogP contribution in [0.3, 0.4) is 0 Å². The zero-order chi connectivity index (χ0) is 24.2. The first-order chi connectivity index (χ1) is 16.1. The molecule has 0 saturated carbocycles. The highest BCUT2D eigenvalue weighted by Crippen LogP contribution is 2.19. The number of carbonyl (C=O) groups is 2. The van der Waals surface area contributed by atoms with Crippen LogP contribution in [-0.4, -0.2) is 39.5 Å². The maximum Gasteiger partial charge on any atom is 0.436 e. The molecule has 1 rings (SSSR count). The van der Waals surface area contributed by atoms with Crippen molar-refractivity contribution in [3.63, 3.8) is 0 Å². The predicted molar refractivity (Wildman–Crippen MR) is 131 cm³/mol. The molecule has 190 valence electrons. The van der Waals surface area contributed by atoms with Gasteiger partial charge in [0.25, 0.3) is 0 Å². The third kappa shape index (κ3) is 14.8. The van der Waals surface area contributed by atoms with Gasteiger partial charge in [0.05, 0.1) is 6.61 Å². The van der Waals surface area contributed by atoms with Crippen molar-refractivity contribution in [3.8, 4) is 0 Å². The number of hydrogen-bond donors (Lipinski definition) is 0. The SMILES string of the molecule is CCCCCCC(CCCC(=O)OCC(CCCCC)CCCCC)OC(=O)n1cncn1. The molecule has 0 aliphatic carbocycles. The normalized spacial score (nSPS) is 12.1. The van der Waals surface area contributed by atoms with Crippen LogP contribution in [-0.2, 0) is 14.3 Å². The van der Waals surface area contributed by atoms with E-state index in [9.17, 15) is 9.59 Å². The molecule has 0 aromatic carbocycles. The Kier molecular flexibility index (Phi) is 17.2. The summed E-state index contributed by atoms with van der Waals surface area (Å²) in [7, 11) is 0. The van der Waals surface area contributed by atoms with Gasteiger partial charge in [-0.1, -0.05) is 78.6 Å². The van der Waals surface area contributed by atoms with Crippen LogP contribution in [0.4, 0.5) is 4.79 Å². The molecular formula is C26H47N3O4. The Bertz CT molecular complexity index is 597. The Morgan fingerprint density at radius 3 is 2.03 bits per heavy atom. The maximum absolute atomic E-state index is 12.3. The van der Waals surface area contributed by atoms with Gasteiger partial charge < -0.3 is 9.47 Å². The predicted octanol–water partition coefficient (Wildman–Crippen LogP) is 7.09. The Morgan fingerprint density at radius 1 is 0.818 bits per heavy atom. The van der Waals surface area contributed by atoms with E-state index < -0.39 is 6.09 Å². The van der Waals surface area contributed by atoms with Crippen LogP contribution in [0.15, 0.2) is 12.7 Å². The van der Waals surface area contributed by atoms with Crippen molar-refractivity contribution in [2.45, 2.75) is 130 Å². The van der Waals surface area contributed by atoms with Crippen molar-refractivity contribution in [3.05, 3.63) is 12.7 Å². The average Bonchev–Trinajstić information content (AvgIpc) is 3.35. The van der Waals surface area contributed by atoms with Crippen LogP contribution in [0.1, 0.15) is 124 Å². The fraction of sp³-hybridized carbons (Fsp3) is 0.846. The third-order valence-corrected chi connectivity index (χ3v) is 6.07. The fourth-order valence-electron chi connectivity index (χ4n) is 3.99. The van der Waals surface area contributed by atoms with Gasteiger partial charge in [0.15, 0.2) is 0 Å². The molecule has 33 heavy (non-hydrogen) atoms. The van der Waals surface area contributed by atoms with E-state index >= 15 is 0 Å². The Hall–Kier alpha value is -1.92. The highest BCUT2D eigenvalue weighted by molar-refractivity contribution is 5.69. The molecule has 0 spiro atoms. The minimum atomic E-state index is -0.516. The number of aromatic nitrogens is 3. The molecule has 1 unspecified atom stereocenters. The van der Waals surface area contributed by atoms with Crippen LogP contribution in [0, 0.1) is 5.92 Å². The molecule has 7 heteroatoms. The monoisotopic (exact) mass is 465 g/mol. The molecule has 1 aromatic heterocycles. The summed E-state index contributed by atoms with van der Waals surface area (Å²) in [5.74, 6) is 0.334. The van der Waals surface area contributed by atoms with Crippen LogP contribution in [0.5, 0.6) is 0 Å². The standard InChI is InChI=1S/C26H47N3O4/c1-4-7-10-13-17-24(33-26(31)29-22-27-21-28-29)18-14-19-25(30)32-20-23(15-11-8-5-2)16-12-9-6-3/h21-24H,4-20H2,1-3H3. The molecule has 0 fully saturated rings. The average molecular weight is 466 g/mol. The van der Waals surface area contributed by atoms with Crippen molar-refractivity contribution in [2.75, 3.05) is 6.61 Å². The first-order valence-electron chi connectivity index (χ1n) is 13.3. The Balaban J connectivity index is 2.40. The van der Waals surface area contributed by atoms with Crippen molar-refractivity contribution >= 4 is 12.1 Å². The van der Waals surface area contributed by atoms with E-state index in [-0.39, 0.29) is 12.1 Å². The summed E-state index contributed by atoms with van der Waals surface area (Å²) >= 11 is 0. The van der Waals surface area contributed by atoms with Crippen molar-refractivity contribution in [1.82, 2.24) is 14.8 Å². The van der Waals surface area contributed by atoms with Gasteiger partial charge >= 0.3 is 12.1 Å². The lowest BCUT2D eigenvalue weighted by Gasteiger charge is -2.18. The van der Waals surface area contributed by atoms with E-state index in [1.54, 1.807) is 0 Å². The molecule has 0 bridgehead atoms. The van der Waals surface area contributed by atoms with Gasteiger partial charge in [-0.3, -0.25) is 4.79 Å². The lowest BCUT2D eigenvalue weighted by Crippen LogP contribution is -2.23. The second kappa shape index (κ2) is 19.5. The lowest BCUT2D eigenvalue weighted by molar-refractivity contribution is -0.145. The number of carbonyl (C=O) groups excluding carboxylic acids is 2. The van der Waals surface area contributed by atoms with Gasteiger partial charge in [-0.15, -0.1) is 5.10 Å². The van der Waals surface area contributed by atoms with E-state index in [0.717, 1.165) is 43.2 Å². The second-order valence-electron chi connectivity index (χ2n) is 9.13. The topological polar surface area (TPSA) is 83.3 Å². The smallest absolute Gasteiger partial charge is 0.436 e. The highest BCUT2D eigenvalue weighted by atomic mass is 16.6. The molecular weight excluding hydrogens is 418 g/mol. The quantitative estimate of drug-likeness (QED) is 0.151. The number of esters is 1. The van der Waals surface area contributed by atoms with E-state index in [1.165, 1.54) is 57.6 Å². The first-order valence-corrected chi connectivity index (χ1v) is 13.3. The van der Waals surface area contributed by atoms with Crippen molar-refractivity contribution in [2.24, 2.45) is 5.92 Å². The van der Waals surface area contributed by atoms with Crippen LogP contribution >= 0.6 is 0 Å². The molecule has 1 atom stereocenters. The number of hydrogen-bond acceptors (Lipinski definition) is 6. The summed E-state index contributed by atoms with van der Waals surface area (Å²) in [6.45, 7) is 7.14. The van der Waals surface area contributed by atoms with E-state index in [1.807, 2.05) is 0 Å². The molecule has 0 aliphatic rings. The zero-order valence-electron chi connectivity index (χ0n) is 21.3. The first kappa shape index (κ1) is 29.1. The summed E-state index contributed by atoms with van der Waals surface area (Å²) in [5, 5.41) is 3.84. The minimum Gasteiger partial charge on any atom is -0.465 e. The molecule has 1 heterocycles. The number of nitrogens with zero attached hydrogens (tertiary/aromatic N) is 3. The van der Waals surface area contributed by atoms with E-state index in [0.29, 0.717) is 31.8 Å². The number of unbranched alkanes of at least 4 members (excludes halogenated alkanes) is 7. The molecule has 0 N–H and O–H groups in total. The molecule has 1 aromatic rings. The van der Waals surface area contributed by atoms with Gasteiger partial charge in [0, 0.05) is 6.42 Å². The fourth-order valence-corrected chi connectivity index (χ4v) is 3.99. The van der Waals surface area contributed by atoms with Gasteiger partial charge in [0.1, 0.15) is 18.8 Å². The van der Waals surface area contributed by atoms with E-state index in [4.69, 9.17) is 9.47 Å². The summed E-state index contributed by atoms with van der Waals surface area (Å²) in [6, 6.07) is 0. The largest absolute Gasteiger partial charge is 0.465 e. The zero-order valence-corrected chi connectivity index (χ0v) is 21.3. The van der Waals surface area contributed by atoms with Crippen molar-refractivity contribution in [1.29, 1.82) is 0 Å². The lowest BCUT2D eigenvalue weighted by atomic mass is 9.96.